The van der Waals surface area contributed by atoms with Gasteiger partial charge in [0.05, 0.1) is 13.2 Å². The minimum absolute atomic E-state index is 0.123. The Kier molecular flexibility index (Phi) is 23.0. The average molecular weight is 494 g/mol. The topological polar surface area (TPSA) is 108 Å². The number of rotatable bonds is 25. The highest BCUT2D eigenvalue weighted by atomic mass is 31.2. The molecule has 198 valence electrons. The van der Waals surface area contributed by atoms with Crippen LogP contribution in [0.25, 0.3) is 0 Å². The summed E-state index contributed by atoms with van der Waals surface area (Å²) in [7, 11) is -3.24. The molecule has 0 saturated heterocycles. The molecule has 0 radical (unpaired) electrons. The van der Waals surface area contributed by atoms with Gasteiger partial charge in [0.25, 0.3) is 0 Å². The molecule has 0 aliphatic rings. The lowest BCUT2D eigenvalue weighted by atomic mass is 10.0. The van der Waals surface area contributed by atoms with Crippen LogP contribution in [0.5, 0.6) is 0 Å². The summed E-state index contributed by atoms with van der Waals surface area (Å²) in [4.78, 5) is 11.8. The third-order valence-electron chi connectivity index (χ3n) is 5.62. The number of hydrogen-bond donors (Lipinski definition) is 2. The normalized spacial score (nSPS) is 14.2. The zero-order valence-electron chi connectivity index (χ0n) is 21.4. The van der Waals surface area contributed by atoms with E-state index in [0.29, 0.717) is 6.42 Å². The Morgan fingerprint density at radius 3 is 1.70 bits per heavy atom. The number of nitrogens with two attached hydrogens (primary N) is 1. The van der Waals surface area contributed by atoms with Crippen molar-refractivity contribution in [1.82, 2.24) is 0 Å². The molecule has 7 nitrogen and oxygen atoms in total. The molecule has 2 atom stereocenters. The van der Waals surface area contributed by atoms with Crippen LogP contribution >= 0.6 is 7.60 Å². The lowest BCUT2D eigenvalue weighted by Crippen LogP contribution is -2.23. The van der Waals surface area contributed by atoms with Crippen LogP contribution in [0.15, 0.2) is 0 Å². The molecule has 0 bridgehead atoms. The number of aliphatic hydroxyl groups excluding tert-OH is 1. The van der Waals surface area contributed by atoms with E-state index in [-0.39, 0.29) is 32.3 Å². The van der Waals surface area contributed by atoms with Gasteiger partial charge >= 0.3 is 13.6 Å². The molecular weight excluding hydrogens is 441 g/mol. The zero-order valence-corrected chi connectivity index (χ0v) is 22.3. The fraction of sp³-hybridized carbons (Fsp3) is 0.960. The van der Waals surface area contributed by atoms with E-state index in [0.717, 1.165) is 19.3 Å². The number of esters is 1. The first-order valence-corrected chi connectivity index (χ1v) is 15.3. The minimum Gasteiger partial charge on any atom is -0.463 e. The van der Waals surface area contributed by atoms with Crippen molar-refractivity contribution in [1.29, 1.82) is 0 Å². The van der Waals surface area contributed by atoms with E-state index in [1.54, 1.807) is 0 Å². The fourth-order valence-corrected chi connectivity index (χ4v) is 4.56. The first-order chi connectivity index (χ1) is 15.9. The van der Waals surface area contributed by atoms with Crippen LogP contribution in [-0.4, -0.2) is 50.2 Å². The monoisotopic (exact) mass is 493 g/mol. The van der Waals surface area contributed by atoms with Gasteiger partial charge in [-0.2, -0.15) is 0 Å². The van der Waals surface area contributed by atoms with Gasteiger partial charge in [-0.25, -0.2) is 0 Å². The van der Waals surface area contributed by atoms with Crippen molar-refractivity contribution >= 4 is 13.6 Å². The predicted molar refractivity (Wildman–Crippen MR) is 136 cm³/mol. The Morgan fingerprint density at radius 2 is 1.24 bits per heavy atom. The Morgan fingerprint density at radius 1 is 0.788 bits per heavy atom. The minimum atomic E-state index is -3.24. The van der Waals surface area contributed by atoms with Crippen molar-refractivity contribution in [2.24, 2.45) is 5.73 Å². The maximum absolute atomic E-state index is 11.9. The van der Waals surface area contributed by atoms with Gasteiger partial charge < -0.3 is 24.6 Å². The molecule has 0 aliphatic carbocycles. The zero-order chi connectivity index (χ0) is 24.6. The highest BCUT2D eigenvalue weighted by Crippen LogP contribution is 2.43. The van der Waals surface area contributed by atoms with Crippen molar-refractivity contribution in [3.63, 3.8) is 0 Å². The predicted octanol–water partition coefficient (Wildman–Crippen LogP) is 6.36. The van der Waals surface area contributed by atoms with Gasteiger partial charge in [-0.15, -0.1) is 0 Å². The number of hydrogen-bond acceptors (Lipinski definition) is 7. The van der Waals surface area contributed by atoms with E-state index in [1.807, 2.05) is 0 Å². The maximum atomic E-state index is 11.9. The Labute approximate surface area is 203 Å². The number of carbonyl (C=O) groups is 1. The Bertz CT molecular complexity index is 492. The van der Waals surface area contributed by atoms with Crippen LogP contribution in [0, 0.1) is 0 Å². The van der Waals surface area contributed by atoms with Crippen molar-refractivity contribution < 1.29 is 28.3 Å². The van der Waals surface area contributed by atoms with Crippen LogP contribution in [0.2, 0.25) is 0 Å². The van der Waals surface area contributed by atoms with Gasteiger partial charge in [-0.05, 0) is 6.42 Å². The van der Waals surface area contributed by atoms with Gasteiger partial charge in [-0.3, -0.25) is 9.36 Å². The summed E-state index contributed by atoms with van der Waals surface area (Å²) in [5.41, 5.74) is 5.28. The van der Waals surface area contributed by atoms with Gasteiger partial charge in [0, 0.05) is 19.6 Å². The number of aliphatic hydroxyl groups is 1. The molecule has 0 amide bonds. The van der Waals surface area contributed by atoms with Crippen LogP contribution < -0.4 is 5.73 Å². The molecule has 0 fully saturated rings. The van der Waals surface area contributed by atoms with Crippen LogP contribution in [0.4, 0.5) is 0 Å². The molecule has 0 heterocycles. The molecule has 8 heteroatoms. The van der Waals surface area contributed by atoms with E-state index < -0.39 is 13.7 Å². The summed E-state index contributed by atoms with van der Waals surface area (Å²) in [6.07, 6.45) is 20.0. The van der Waals surface area contributed by atoms with Crippen molar-refractivity contribution in [3.8, 4) is 0 Å². The molecule has 0 rings (SSSR count). The molecule has 0 saturated carbocycles. The van der Waals surface area contributed by atoms with Crippen molar-refractivity contribution in [2.75, 3.05) is 33.0 Å². The van der Waals surface area contributed by atoms with E-state index in [1.165, 1.54) is 90.1 Å². The third-order valence-corrected chi connectivity index (χ3v) is 6.89. The average Bonchev–Trinajstić information content (AvgIpc) is 2.80. The summed E-state index contributed by atoms with van der Waals surface area (Å²) in [5.74, 6) is -0.321. The molecule has 2 unspecified atom stereocenters. The van der Waals surface area contributed by atoms with Crippen molar-refractivity contribution in [2.45, 2.75) is 122 Å². The summed E-state index contributed by atoms with van der Waals surface area (Å²) < 4.78 is 27.0. The van der Waals surface area contributed by atoms with Crippen LogP contribution in [0.1, 0.15) is 116 Å². The molecule has 3 N–H and O–H groups in total. The maximum Gasteiger partial charge on any atom is 0.327 e. The first-order valence-electron chi connectivity index (χ1n) is 13.3. The van der Waals surface area contributed by atoms with Gasteiger partial charge in [0.1, 0.15) is 12.7 Å². The molecule has 0 aromatic carbocycles. The highest BCUT2D eigenvalue weighted by Gasteiger charge is 2.19. The number of ether oxygens (including phenoxy) is 1. The van der Waals surface area contributed by atoms with E-state index in [9.17, 15) is 14.5 Å². The van der Waals surface area contributed by atoms with Gasteiger partial charge in [0.2, 0.25) is 0 Å². The standard InChI is InChI=1S/C25H52NO6P/c1-3-4-5-6-7-8-9-10-11-12-13-14-15-16-17-18-19-25(28)30-22-24(27)23-32-33(2,29)31-21-20-26/h24,27H,3-23,26H2,1-2H3. The van der Waals surface area contributed by atoms with Crippen LogP contribution in [-0.2, 0) is 23.1 Å². The molecule has 33 heavy (non-hydrogen) atoms. The molecule has 0 aromatic heterocycles. The smallest absolute Gasteiger partial charge is 0.327 e. The second kappa shape index (κ2) is 23.3. The SMILES string of the molecule is CCCCCCCCCCCCCCCCCCC(=O)OCC(O)COP(C)(=O)OCCN. The fourth-order valence-electron chi connectivity index (χ4n) is 3.60. The van der Waals surface area contributed by atoms with Crippen LogP contribution in [0.3, 0.4) is 0 Å². The Balaban J connectivity index is 3.40. The highest BCUT2D eigenvalue weighted by molar-refractivity contribution is 7.52. The Hall–Kier alpha value is -0.460. The number of unbranched alkanes of at least 4 members (excludes halogenated alkanes) is 15. The summed E-state index contributed by atoms with van der Waals surface area (Å²) in [6, 6.07) is 0. The number of carbonyl (C=O) groups excluding carboxylic acids is 1. The van der Waals surface area contributed by atoms with Crippen molar-refractivity contribution in [3.05, 3.63) is 0 Å². The molecule has 0 aliphatic heterocycles. The third kappa shape index (κ3) is 24.5. The lowest BCUT2D eigenvalue weighted by Gasteiger charge is -2.16. The second-order valence-electron chi connectivity index (χ2n) is 9.08. The quantitative estimate of drug-likeness (QED) is 0.0865. The summed E-state index contributed by atoms with van der Waals surface area (Å²) >= 11 is 0. The van der Waals surface area contributed by atoms with E-state index in [2.05, 4.69) is 6.92 Å². The second-order valence-corrected chi connectivity index (χ2v) is 11.1. The van der Waals surface area contributed by atoms with Gasteiger partial charge in [-0.1, -0.05) is 103 Å². The molecule has 0 aromatic rings. The van der Waals surface area contributed by atoms with E-state index >= 15 is 0 Å². The van der Waals surface area contributed by atoms with Gasteiger partial charge in [0.15, 0.2) is 0 Å². The first kappa shape index (κ1) is 32.5. The lowest BCUT2D eigenvalue weighted by molar-refractivity contribution is -0.147. The van der Waals surface area contributed by atoms with E-state index in [4.69, 9.17) is 19.5 Å². The largest absolute Gasteiger partial charge is 0.463 e. The molecule has 0 spiro atoms. The summed E-state index contributed by atoms with van der Waals surface area (Å²) in [6.45, 7) is 3.55. The molecular formula is C25H52NO6P. The summed E-state index contributed by atoms with van der Waals surface area (Å²) in [5, 5.41) is 9.80.